The molecule has 0 aliphatic rings. The van der Waals surface area contributed by atoms with Crippen LogP contribution in [0.3, 0.4) is 0 Å². The van der Waals surface area contributed by atoms with Gasteiger partial charge in [-0.3, -0.25) is 4.90 Å². The fraction of sp³-hybridized carbons (Fsp3) is 0.400. The van der Waals surface area contributed by atoms with Crippen LogP contribution in [0.2, 0.25) is 0 Å². The van der Waals surface area contributed by atoms with Crippen molar-refractivity contribution >= 4 is 11.3 Å². The van der Waals surface area contributed by atoms with Crippen LogP contribution in [0.1, 0.15) is 22.2 Å². The maximum absolute atomic E-state index is 10.3. The molecule has 1 atom stereocenters. The molecule has 2 rings (SSSR count). The van der Waals surface area contributed by atoms with Crippen molar-refractivity contribution in [2.45, 2.75) is 19.6 Å². The highest BCUT2D eigenvalue weighted by Crippen LogP contribution is 2.21. The van der Waals surface area contributed by atoms with Gasteiger partial charge in [0.05, 0.1) is 24.4 Å². The standard InChI is InChI=1S/C15H20N2O2S/c1-11-15(20-10-16-11)9-17(2)8-14(18)12-5-4-6-13(7-12)19-3/h4-7,10,14,18H,8-9H2,1-3H3. The Balaban J connectivity index is 1.96. The smallest absolute Gasteiger partial charge is 0.119 e. The average molecular weight is 292 g/mol. The number of aliphatic hydroxyl groups excluding tert-OH is 1. The van der Waals surface area contributed by atoms with Gasteiger partial charge in [-0.1, -0.05) is 12.1 Å². The molecular weight excluding hydrogens is 272 g/mol. The normalized spacial score (nSPS) is 12.7. The lowest BCUT2D eigenvalue weighted by molar-refractivity contribution is 0.124. The van der Waals surface area contributed by atoms with Crippen molar-refractivity contribution in [1.29, 1.82) is 0 Å². The van der Waals surface area contributed by atoms with E-state index in [2.05, 4.69) is 9.88 Å². The van der Waals surface area contributed by atoms with Gasteiger partial charge in [0.15, 0.2) is 0 Å². The van der Waals surface area contributed by atoms with Gasteiger partial charge in [-0.2, -0.15) is 0 Å². The van der Waals surface area contributed by atoms with Crippen molar-refractivity contribution in [2.24, 2.45) is 0 Å². The van der Waals surface area contributed by atoms with Gasteiger partial charge >= 0.3 is 0 Å². The molecule has 0 aliphatic carbocycles. The van der Waals surface area contributed by atoms with E-state index in [4.69, 9.17) is 4.74 Å². The summed E-state index contributed by atoms with van der Waals surface area (Å²) >= 11 is 1.65. The minimum Gasteiger partial charge on any atom is -0.497 e. The van der Waals surface area contributed by atoms with E-state index in [-0.39, 0.29) is 0 Å². The third-order valence-corrected chi connectivity index (χ3v) is 4.14. The summed E-state index contributed by atoms with van der Waals surface area (Å²) in [6.45, 7) is 3.39. The van der Waals surface area contributed by atoms with Gasteiger partial charge in [-0.05, 0) is 31.7 Å². The number of nitrogens with zero attached hydrogens (tertiary/aromatic N) is 2. The lowest BCUT2D eigenvalue weighted by atomic mass is 10.1. The van der Waals surface area contributed by atoms with Crippen LogP contribution in [-0.2, 0) is 6.54 Å². The summed E-state index contributed by atoms with van der Waals surface area (Å²) in [6, 6.07) is 7.56. The number of aryl methyl sites for hydroxylation is 1. The maximum Gasteiger partial charge on any atom is 0.119 e. The molecule has 0 bridgehead atoms. The van der Waals surface area contributed by atoms with E-state index in [1.54, 1.807) is 18.4 Å². The van der Waals surface area contributed by atoms with Crippen LogP contribution in [0.15, 0.2) is 29.8 Å². The van der Waals surface area contributed by atoms with Crippen molar-refractivity contribution in [3.8, 4) is 5.75 Å². The van der Waals surface area contributed by atoms with Gasteiger partial charge in [0.2, 0.25) is 0 Å². The largest absolute Gasteiger partial charge is 0.497 e. The molecule has 4 nitrogen and oxygen atoms in total. The average Bonchev–Trinajstić information content (AvgIpc) is 2.84. The Morgan fingerprint density at radius 1 is 1.45 bits per heavy atom. The highest BCUT2D eigenvalue weighted by Gasteiger charge is 2.13. The number of methoxy groups -OCH3 is 1. The summed E-state index contributed by atoms with van der Waals surface area (Å²) in [6.07, 6.45) is -0.525. The van der Waals surface area contributed by atoms with Crippen molar-refractivity contribution in [1.82, 2.24) is 9.88 Å². The number of aromatic nitrogens is 1. The second-order valence-corrected chi connectivity index (χ2v) is 5.79. The number of aliphatic hydroxyl groups is 1. The molecule has 0 amide bonds. The number of thiazole rings is 1. The molecule has 0 spiro atoms. The highest BCUT2D eigenvalue weighted by atomic mass is 32.1. The summed E-state index contributed by atoms with van der Waals surface area (Å²) in [7, 11) is 3.63. The monoisotopic (exact) mass is 292 g/mol. The number of ether oxygens (including phenoxy) is 1. The lowest BCUT2D eigenvalue weighted by Gasteiger charge is -2.20. The Hall–Kier alpha value is -1.43. The van der Waals surface area contributed by atoms with Crippen molar-refractivity contribution in [3.63, 3.8) is 0 Å². The SMILES string of the molecule is COc1cccc(C(O)CN(C)Cc2scnc2C)c1. The second-order valence-electron chi connectivity index (χ2n) is 4.85. The topological polar surface area (TPSA) is 45.6 Å². The molecule has 1 heterocycles. The molecule has 0 fully saturated rings. The first-order chi connectivity index (χ1) is 9.60. The van der Waals surface area contributed by atoms with E-state index >= 15 is 0 Å². The molecule has 5 heteroatoms. The molecular formula is C15H20N2O2S. The van der Waals surface area contributed by atoms with Crippen molar-refractivity contribution < 1.29 is 9.84 Å². The quantitative estimate of drug-likeness (QED) is 0.889. The zero-order valence-corrected chi connectivity index (χ0v) is 12.9. The van der Waals surface area contributed by atoms with Gasteiger partial charge in [0.25, 0.3) is 0 Å². The van der Waals surface area contributed by atoms with Crippen LogP contribution in [-0.4, -0.2) is 35.7 Å². The molecule has 0 saturated carbocycles. The molecule has 108 valence electrons. The summed E-state index contributed by atoms with van der Waals surface area (Å²) in [5.41, 5.74) is 3.80. The first kappa shape index (κ1) is 15.0. The van der Waals surface area contributed by atoms with Gasteiger partial charge in [0, 0.05) is 18.0 Å². The maximum atomic E-state index is 10.3. The third-order valence-electron chi connectivity index (χ3n) is 3.22. The van der Waals surface area contributed by atoms with Crippen LogP contribution >= 0.6 is 11.3 Å². The number of hydrogen-bond donors (Lipinski definition) is 1. The zero-order chi connectivity index (χ0) is 14.5. The molecule has 1 aromatic carbocycles. The minimum atomic E-state index is -0.525. The predicted octanol–water partition coefficient (Wildman–Crippen LogP) is 2.63. The Labute approximate surface area is 123 Å². The molecule has 0 aliphatic heterocycles. The van der Waals surface area contributed by atoms with Crippen molar-refractivity contribution in [3.05, 3.63) is 45.9 Å². The Morgan fingerprint density at radius 3 is 2.90 bits per heavy atom. The van der Waals surface area contributed by atoms with E-state index < -0.39 is 6.10 Å². The molecule has 0 radical (unpaired) electrons. The predicted molar refractivity (Wildman–Crippen MR) is 81.1 cm³/mol. The summed E-state index contributed by atoms with van der Waals surface area (Å²) in [5, 5.41) is 10.3. The second kappa shape index (κ2) is 6.83. The molecule has 0 saturated heterocycles. The van der Waals surface area contributed by atoms with E-state index in [0.717, 1.165) is 23.6 Å². The zero-order valence-electron chi connectivity index (χ0n) is 12.0. The first-order valence-electron chi connectivity index (χ1n) is 6.49. The van der Waals surface area contributed by atoms with Gasteiger partial charge in [-0.15, -0.1) is 11.3 Å². The van der Waals surface area contributed by atoms with E-state index in [9.17, 15) is 5.11 Å². The summed E-state index contributed by atoms with van der Waals surface area (Å²) in [5.74, 6) is 0.766. The fourth-order valence-electron chi connectivity index (χ4n) is 2.04. The minimum absolute atomic E-state index is 0.525. The third kappa shape index (κ3) is 3.79. The van der Waals surface area contributed by atoms with Gasteiger partial charge < -0.3 is 9.84 Å². The first-order valence-corrected chi connectivity index (χ1v) is 7.37. The van der Waals surface area contributed by atoms with Crippen LogP contribution in [0.25, 0.3) is 0 Å². The van der Waals surface area contributed by atoms with Crippen LogP contribution in [0.4, 0.5) is 0 Å². The molecule has 1 aromatic heterocycles. The van der Waals surface area contributed by atoms with Crippen LogP contribution < -0.4 is 4.74 Å². The Kier molecular flexibility index (Phi) is 5.11. The molecule has 1 N–H and O–H groups in total. The summed E-state index contributed by atoms with van der Waals surface area (Å²) < 4.78 is 5.18. The van der Waals surface area contributed by atoms with Crippen LogP contribution in [0.5, 0.6) is 5.75 Å². The number of likely N-dealkylation sites (N-methyl/N-ethyl adjacent to an activating group) is 1. The van der Waals surface area contributed by atoms with Crippen LogP contribution in [0, 0.1) is 6.92 Å². The fourth-order valence-corrected chi connectivity index (χ4v) is 2.89. The molecule has 1 unspecified atom stereocenters. The van der Waals surface area contributed by atoms with E-state index in [1.165, 1.54) is 4.88 Å². The van der Waals surface area contributed by atoms with E-state index in [0.29, 0.717) is 6.54 Å². The van der Waals surface area contributed by atoms with Gasteiger partial charge in [0.1, 0.15) is 5.75 Å². The van der Waals surface area contributed by atoms with Crippen molar-refractivity contribution in [2.75, 3.05) is 20.7 Å². The highest BCUT2D eigenvalue weighted by molar-refractivity contribution is 7.09. The van der Waals surface area contributed by atoms with Gasteiger partial charge in [-0.25, -0.2) is 4.98 Å². The summed E-state index contributed by atoms with van der Waals surface area (Å²) in [4.78, 5) is 7.59. The molecule has 20 heavy (non-hydrogen) atoms. The lowest BCUT2D eigenvalue weighted by Crippen LogP contribution is -2.24. The molecule has 2 aromatic rings. The number of hydrogen-bond acceptors (Lipinski definition) is 5. The Morgan fingerprint density at radius 2 is 2.25 bits per heavy atom. The number of benzene rings is 1. The Bertz CT molecular complexity index is 556. The van der Waals surface area contributed by atoms with E-state index in [1.807, 2.05) is 43.7 Å². The number of rotatable bonds is 6.